The third-order valence-corrected chi connectivity index (χ3v) is 7.37. The molecule has 1 aromatic carbocycles. The topological polar surface area (TPSA) is 55.8 Å². The van der Waals surface area contributed by atoms with Crippen molar-refractivity contribution in [2.45, 2.75) is 66.2 Å². The molecule has 0 unspecified atom stereocenters. The fraction of sp³-hybridized carbons (Fsp3) is 0.625. The Morgan fingerprint density at radius 1 is 1.18 bits per heavy atom. The number of methoxy groups -OCH3 is 2. The number of unbranched alkanes of at least 4 members (excludes halogenated alkanes) is 2. The maximum atomic E-state index is 12.7. The summed E-state index contributed by atoms with van der Waals surface area (Å²) in [6.45, 7) is 8.50. The van der Waals surface area contributed by atoms with Gasteiger partial charge in [-0.25, -0.2) is 0 Å². The van der Waals surface area contributed by atoms with E-state index >= 15 is 0 Å². The Bertz CT molecular complexity index is 780. The minimum atomic E-state index is -0.897. The van der Waals surface area contributed by atoms with Gasteiger partial charge in [0, 0.05) is 0 Å². The molecule has 1 N–H and O–H groups in total. The third kappa shape index (κ3) is 2.75. The highest BCUT2D eigenvalue weighted by Crippen LogP contribution is 2.71. The van der Waals surface area contributed by atoms with E-state index in [2.05, 4.69) is 39.8 Å². The Hall–Kier alpha value is -1.97. The van der Waals surface area contributed by atoms with Crippen LogP contribution in [0.5, 0.6) is 11.5 Å². The van der Waals surface area contributed by atoms with Crippen molar-refractivity contribution in [3.63, 3.8) is 0 Å². The normalized spacial score (nSPS) is 25.3. The van der Waals surface area contributed by atoms with E-state index < -0.39 is 11.4 Å². The molecule has 0 amide bonds. The summed E-state index contributed by atoms with van der Waals surface area (Å²) in [5.74, 6) is 0.994. The molecular formula is C24H34O4. The number of carbonyl (C=O) groups is 1. The molecule has 4 nitrogen and oxygen atoms in total. The SMILES string of the molecule is CCCCCc1cc(OC)c(C2=C(C)[C@H]3CC[C@]2(C(=O)O)C3(C)C)c(OC)c1. The van der Waals surface area contributed by atoms with Gasteiger partial charge in [-0.1, -0.05) is 39.2 Å². The number of carboxylic acid groups (broad SMARTS) is 1. The molecule has 0 saturated heterocycles. The molecule has 0 heterocycles. The summed E-state index contributed by atoms with van der Waals surface area (Å²) in [6, 6.07) is 4.14. The number of hydrogen-bond acceptors (Lipinski definition) is 3. The molecule has 4 heteroatoms. The summed E-state index contributed by atoms with van der Waals surface area (Å²) >= 11 is 0. The maximum Gasteiger partial charge on any atom is 0.314 e. The smallest absolute Gasteiger partial charge is 0.314 e. The Morgan fingerprint density at radius 3 is 2.29 bits per heavy atom. The predicted octanol–water partition coefficient (Wildman–Crippen LogP) is 5.73. The molecule has 2 aliphatic rings. The summed E-state index contributed by atoms with van der Waals surface area (Å²) < 4.78 is 11.6. The molecule has 0 spiro atoms. The molecule has 2 atom stereocenters. The molecule has 2 aliphatic carbocycles. The fourth-order valence-corrected chi connectivity index (χ4v) is 5.89. The van der Waals surface area contributed by atoms with Crippen molar-refractivity contribution in [1.29, 1.82) is 0 Å². The summed E-state index contributed by atoms with van der Waals surface area (Å²) in [4.78, 5) is 12.7. The summed E-state index contributed by atoms with van der Waals surface area (Å²) in [5, 5.41) is 10.4. The van der Waals surface area contributed by atoms with Gasteiger partial charge in [0.1, 0.15) is 11.5 Å². The van der Waals surface area contributed by atoms with E-state index in [1.807, 2.05) is 0 Å². The average Bonchev–Trinajstić information content (AvgIpc) is 3.02. The quantitative estimate of drug-likeness (QED) is 0.580. The molecular weight excluding hydrogens is 352 g/mol. The number of aryl methyl sites for hydroxylation is 1. The molecule has 0 aromatic heterocycles. The van der Waals surface area contributed by atoms with Crippen molar-refractivity contribution in [2.75, 3.05) is 14.2 Å². The van der Waals surface area contributed by atoms with Gasteiger partial charge < -0.3 is 14.6 Å². The number of allylic oxidation sites excluding steroid dienone is 1. The maximum absolute atomic E-state index is 12.7. The van der Waals surface area contributed by atoms with E-state index in [-0.39, 0.29) is 11.3 Å². The molecule has 2 bridgehead atoms. The van der Waals surface area contributed by atoms with Gasteiger partial charge in [0.05, 0.1) is 25.2 Å². The lowest BCUT2D eigenvalue weighted by atomic mass is 9.64. The van der Waals surface area contributed by atoms with Gasteiger partial charge in [-0.15, -0.1) is 0 Å². The van der Waals surface area contributed by atoms with Gasteiger partial charge in [-0.3, -0.25) is 4.79 Å². The van der Waals surface area contributed by atoms with Gasteiger partial charge in [-0.05, 0) is 67.2 Å². The van der Waals surface area contributed by atoms with Crippen LogP contribution in [0.4, 0.5) is 0 Å². The summed E-state index contributed by atoms with van der Waals surface area (Å²) in [5.41, 5.74) is 2.87. The largest absolute Gasteiger partial charge is 0.496 e. The average molecular weight is 387 g/mol. The van der Waals surface area contributed by atoms with E-state index in [4.69, 9.17) is 9.47 Å². The van der Waals surface area contributed by atoms with Gasteiger partial charge in [-0.2, -0.15) is 0 Å². The second-order valence-electron chi connectivity index (χ2n) is 8.91. The predicted molar refractivity (Wildman–Crippen MR) is 112 cm³/mol. The Kier molecular flexibility index (Phi) is 5.53. The van der Waals surface area contributed by atoms with E-state index in [1.165, 1.54) is 24.0 Å². The van der Waals surface area contributed by atoms with E-state index in [9.17, 15) is 9.90 Å². The molecule has 1 fully saturated rings. The first-order valence-corrected chi connectivity index (χ1v) is 10.5. The van der Waals surface area contributed by atoms with Crippen molar-refractivity contribution in [2.24, 2.45) is 16.7 Å². The third-order valence-electron chi connectivity index (χ3n) is 7.37. The molecule has 0 radical (unpaired) electrons. The standard InChI is InChI=1S/C24H34O4/c1-7-8-9-10-16-13-18(27-5)20(19(14-16)28-6)21-15(2)17-11-12-24(21,22(25)26)23(17,3)4/h13-14,17H,7-12H2,1-6H3,(H,25,26)/t17-,24+/m1/s1. The van der Waals surface area contributed by atoms with Crippen LogP contribution < -0.4 is 9.47 Å². The van der Waals surface area contributed by atoms with Crippen molar-refractivity contribution in [1.82, 2.24) is 0 Å². The lowest BCUT2D eigenvalue weighted by molar-refractivity contribution is -0.149. The van der Waals surface area contributed by atoms with Gasteiger partial charge >= 0.3 is 5.97 Å². The highest BCUT2D eigenvalue weighted by molar-refractivity contribution is 5.99. The fourth-order valence-electron chi connectivity index (χ4n) is 5.89. The van der Waals surface area contributed by atoms with Crippen LogP contribution in [0.2, 0.25) is 0 Å². The second kappa shape index (κ2) is 7.46. The van der Waals surface area contributed by atoms with Crippen molar-refractivity contribution >= 4 is 11.5 Å². The summed E-state index contributed by atoms with van der Waals surface area (Å²) in [6.07, 6.45) is 6.05. The van der Waals surface area contributed by atoms with Crippen LogP contribution in [-0.4, -0.2) is 25.3 Å². The molecule has 154 valence electrons. The van der Waals surface area contributed by atoms with Crippen LogP contribution in [0.1, 0.15) is 70.9 Å². The molecule has 28 heavy (non-hydrogen) atoms. The molecule has 1 aromatic rings. The lowest BCUT2D eigenvalue weighted by Crippen LogP contribution is -2.40. The van der Waals surface area contributed by atoms with Crippen molar-refractivity contribution in [3.8, 4) is 11.5 Å². The number of ether oxygens (including phenoxy) is 2. The first-order chi connectivity index (χ1) is 13.3. The Morgan fingerprint density at radius 2 is 1.79 bits per heavy atom. The van der Waals surface area contributed by atoms with Crippen LogP contribution in [0, 0.1) is 16.7 Å². The van der Waals surface area contributed by atoms with Gasteiger partial charge in [0.2, 0.25) is 0 Å². The highest BCUT2D eigenvalue weighted by atomic mass is 16.5. The van der Waals surface area contributed by atoms with Gasteiger partial charge in [0.15, 0.2) is 0 Å². The number of benzene rings is 1. The van der Waals surface area contributed by atoms with Crippen molar-refractivity contribution < 1.29 is 19.4 Å². The zero-order chi connectivity index (χ0) is 20.7. The van der Waals surface area contributed by atoms with E-state index in [0.29, 0.717) is 6.42 Å². The van der Waals surface area contributed by atoms with Crippen molar-refractivity contribution in [3.05, 3.63) is 28.8 Å². The number of carboxylic acids is 1. The highest BCUT2D eigenvalue weighted by Gasteiger charge is 2.67. The second-order valence-corrected chi connectivity index (χ2v) is 8.91. The van der Waals surface area contributed by atoms with Crippen LogP contribution in [0.15, 0.2) is 17.7 Å². The Labute approximate surface area is 168 Å². The number of fused-ring (bicyclic) bond motifs is 2. The zero-order valence-corrected chi connectivity index (χ0v) is 18.1. The first kappa shape index (κ1) is 20.8. The van der Waals surface area contributed by atoms with Crippen LogP contribution in [-0.2, 0) is 11.2 Å². The Balaban J connectivity index is 2.19. The molecule has 0 aliphatic heterocycles. The monoisotopic (exact) mass is 386 g/mol. The minimum absolute atomic E-state index is 0.275. The summed E-state index contributed by atoms with van der Waals surface area (Å²) in [7, 11) is 3.32. The van der Waals surface area contributed by atoms with Crippen LogP contribution in [0.25, 0.3) is 5.57 Å². The zero-order valence-electron chi connectivity index (χ0n) is 18.1. The van der Waals surface area contributed by atoms with E-state index in [0.717, 1.165) is 41.9 Å². The van der Waals surface area contributed by atoms with Crippen LogP contribution in [0.3, 0.4) is 0 Å². The number of hydrogen-bond donors (Lipinski definition) is 1. The minimum Gasteiger partial charge on any atom is -0.496 e. The van der Waals surface area contributed by atoms with Gasteiger partial charge in [0.25, 0.3) is 0 Å². The first-order valence-electron chi connectivity index (χ1n) is 10.5. The lowest BCUT2D eigenvalue weighted by Gasteiger charge is -2.37. The molecule has 1 saturated carbocycles. The van der Waals surface area contributed by atoms with Crippen LogP contribution >= 0.6 is 0 Å². The number of rotatable bonds is 8. The number of aliphatic carboxylic acids is 1. The molecule has 3 rings (SSSR count). The van der Waals surface area contributed by atoms with E-state index in [1.54, 1.807) is 14.2 Å².